The largest absolute Gasteiger partial charge is 0.454 e. The Morgan fingerprint density at radius 1 is 1.19 bits per heavy atom. The maximum atomic E-state index is 12.8. The van der Waals surface area contributed by atoms with Crippen LogP contribution in [0.1, 0.15) is 38.7 Å². The topological polar surface area (TPSA) is 51.7 Å². The maximum absolute atomic E-state index is 12.8. The lowest BCUT2D eigenvalue weighted by atomic mass is 9.98. The first kappa shape index (κ1) is 17.5. The predicted octanol–water partition coefficient (Wildman–Crippen LogP) is 4.15. The minimum atomic E-state index is 0.210. The number of likely N-dealkylation sites (tertiary alicyclic amines) is 1. The molecule has 26 heavy (non-hydrogen) atoms. The van der Waals surface area contributed by atoms with Gasteiger partial charge in [0.05, 0.1) is 11.3 Å². The van der Waals surface area contributed by atoms with Gasteiger partial charge in [-0.25, -0.2) is 4.98 Å². The number of aryl methyl sites for hydroxylation is 1. The van der Waals surface area contributed by atoms with Crippen LogP contribution in [0.5, 0.6) is 11.5 Å². The number of amides is 1. The number of pyridine rings is 1. The molecule has 0 spiro atoms. The molecular weight excluding hydrogens is 348 g/mol. The van der Waals surface area contributed by atoms with Gasteiger partial charge in [0.1, 0.15) is 5.03 Å². The van der Waals surface area contributed by atoms with Crippen molar-refractivity contribution >= 4 is 28.6 Å². The third kappa shape index (κ3) is 3.22. The van der Waals surface area contributed by atoms with Crippen LogP contribution in [-0.2, 0) is 4.79 Å². The van der Waals surface area contributed by atoms with E-state index in [0.717, 1.165) is 45.8 Å². The van der Waals surface area contributed by atoms with Crippen LogP contribution in [0.15, 0.2) is 23.2 Å². The van der Waals surface area contributed by atoms with Crippen LogP contribution in [0.25, 0.3) is 10.9 Å². The van der Waals surface area contributed by atoms with Gasteiger partial charge in [-0.2, -0.15) is 0 Å². The summed E-state index contributed by atoms with van der Waals surface area (Å²) in [6.07, 6.45) is 3.41. The van der Waals surface area contributed by atoms with Crippen LogP contribution < -0.4 is 9.47 Å². The van der Waals surface area contributed by atoms with E-state index < -0.39 is 0 Å². The second kappa shape index (κ2) is 6.99. The quantitative estimate of drug-likeness (QED) is 0.758. The van der Waals surface area contributed by atoms with Gasteiger partial charge in [-0.15, -0.1) is 0 Å². The van der Waals surface area contributed by atoms with Crippen molar-refractivity contribution < 1.29 is 14.3 Å². The van der Waals surface area contributed by atoms with Crippen LogP contribution in [-0.4, -0.2) is 40.4 Å². The minimum Gasteiger partial charge on any atom is -0.454 e. The second-order valence-electron chi connectivity index (χ2n) is 7.23. The first-order chi connectivity index (χ1) is 12.5. The number of fused-ring (bicyclic) bond motifs is 2. The van der Waals surface area contributed by atoms with E-state index in [1.54, 1.807) is 0 Å². The first-order valence-electron chi connectivity index (χ1n) is 9.18. The normalized spacial score (nSPS) is 22.0. The van der Waals surface area contributed by atoms with Crippen LogP contribution in [0.2, 0.25) is 0 Å². The molecule has 1 saturated heterocycles. The number of ether oxygens (including phenoxy) is 2. The zero-order chi connectivity index (χ0) is 18.3. The molecule has 0 aliphatic carbocycles. The standard InChI is InChI=1S/C20H24N2O3S/c1-12-7-15-8-17-18(25-11-24-17)9-16(15)21-20(12)26-10-19(23)22-13(2)5-4-6-14(22)3/h7-9,13-14H,4-6,10-11H2,1-3H3/t13-,14-/m1/s1. The molecule has 0 saturated carbocycles. The highest BCUT2D eigenvalue weighted by atomic mass is 32.2. The van der Waals surface area contributed by atoms with Gasteiger partial charge in [0.15, 0.2) is 11.5 Å². The lowest BCUT2D eigenvalue weighted by Crippen LogP contribution is -2.48. The number of hydrogen-bond donors (Lipinski definition) is 0. The fourth-order valence-electron chi connectivity index (χ4n) is 3.92. The Hall–Kier alpha value is -1.95. The number of carbonyl (C=O) groups is 1. The lowest BCUT2D eigenvalue weighted by Gasteiger charge is -2.39. The number of piperidine rings is 1. The van der Waals surface area contributed by atoms with Gasteiger partial charge in [0, 0.05) is 23.5 Å². The Labute approximate surface area is 158 Å². The zero-order valence-electron chi connectivity index (χ0n) is 15.4. The number of hydrogen-bond acceptors (Lipinski definition) is 5. The zero-order valence-corrected chi connectivity index (χ0v) is 16.3. The highest BCUT2D eigenvalue weighted by Crippen LogP contribution is 2.37. The number of carbonyl (C=O) groups excluding carboxylic acids is 1. The molecule has 2 aliphatic heterocycles. The van der Waals surface area contributed by atoms with Crippen molar-refractivity contribution in [3.8, 4) is 11.5 Å². The molecule has 138 valence electrons. The van der Waals surface area contributed by atoms with Gasteiger partial charge < -0.3 is 14.4 Å². The third-order valence-electron chi connectivity index (χ3n) is 5.27. The van der Waals surface area contributed by atoms with Crippen LogP contribution in [0, 0.1) is 6.92 Å². The molecule has 2 aromatic rings. The summed E-state index contributed by atoms with van der Waals surface area (Å²) >= 11 is 1.53. The van der Waals surface area contributed by atoms with Crippen LogP contribution in [0.4, 0.5) is 0 Å². The summed E-state index contributed by atoms with van der Waals surface area (Å²) in [6, 6.07) is 6.64. The average molecular weight is 372 g/mol. The third-order valence-corrected chi connectivity index (χ3v) is 6.35. The first-order valence-corrected chi connectivity index (χ1v) is 10.2. The van der Waals surface area contributed by atoms with Crippen molar-refractivity contribution in [1.82, 2.24) is 9.88 Å². The fourth-order valence-corrected chi connectivity index (χ4v) is 4.77. The van der Waals surface area contributed by atoms with E-state index >= 15 is 0 Å². The van der Waals surface area contributed by atoms with E-state index in [9.17, 15) is 4.79 Å². The number of nitrogens with zero attached hydrogens (tertiary/aromatic N) is 2. The molecule has 4 rings (SSSR count). The molecule has 1 aromatic carbocycles. The lowest BCUT2D eigenvalue weighted by molar-refractivity contribution is -0.134. The highest BCUT2D eigenvalue weighted by molar-refractivity contribution is 7.99. The van der Waals surface area contributed by atoms with Crippen LogP contribution >= 0.6 is 11.8 Å². The Morgan fingerprint density at radius 2 is 1.88 bits per heavy atom. The number of rotatable bonds is 3. The highest BCUT2D eigenvalue weighted by Gasteiger charge is 2.28. The molecule has 0 bridgehead atoms. The molecule has 1 aromatic heterocycles. The molecule has 0 unspecified atom stereocenters. The van der Waals surface area contributed by atoms with Crippen molar-refractivity contribution in [3.63, 3.8) is 0 Å². The molecule has 0 N–H and O–H groups in total. The van der Waals surface area contributed by atoms with E-state index in [0.29, 0.717) is 17.8 Å². The average Bonchev–Trinajstić information content (AvgIpc) is 3.05. The van der Waals surface area contributed by atoms with Gasteiger partial charge in [0.25, 0.3) is 0 Å². The summed E-state index contributed by atoms with van der Waals surface area (Å²) in [5.41, 5.74) is 1.95. The summed E-state index contributed by atoms with van der Waals surface area (Å²) in [4.78, 5) is 19.6. The Balaban J connectivity index is 1.52. The maximum Gasteiger partial charge on any atom is 0.233 e. The van der Waals surface area contributed by atoms with Crippen molar-refractivity contribution in [2.45, 2.75) is 57.1 Å². The monoisotopic (exact) mass is 372 g/mol. The summed E-state index contributed by atoms with van der Waals surface area (Å²) in [5, 5.41) is 1.93. The Morgan fingerprint density at radius 3 is 2.62 bits per heavy atom. The molecule has 2 atom stereocenters. The van der Waals surface area contributed by atoms with Crippen molar-refractivity contribution in [1.29, 1.82) is 0 Å². The summed E-state index contributed by atoms with van der Waals surface area (Å²) in [7, 11) is 0. The van der Waals surface area contributed by atoms with E-state index in [2.05, 4.69) is 24.8 Å². The van der Waals surface area contributed by atoms with Gasteiger partial charge in [-0.1, -0.05) is 11.8 Å². The van der Waals surface area contributed by atoms with E-state index in [4.69, 9.17) is 14.5 Å². The van der Waals surface area contributed by atoms with Crippen molar-refractivity contribution in [3.05, 3.63) is 23.8 Å². The van der Waals surface area contributed by atoms with Gasteiger partial charge >= 0.3 is 0 Å². The molecule has 2 aliphatic rings. The summed E-state index contributed by atoms with van der Waals surface area (Å²) in [6.45, 7) is 6.60. The smallest absolute Gasteiger partial charge is 0.233 e. The molecule has 5 nitrogen and oxygen atoms in total. The van der Waals surface area contributed by atoms with Gasteiger partial charge in [0.2, 0.25) is 12.7 Å². The van der Waals surface area contributed by atoms with Crippen molar-refractivity contribution in [2.75, 3.05) is 12.5 Å². The summed E-state index contributed by atoms with van der Waals surface area (Å²) in [5.74, 6) is 2.14. The fraction of sp³-hybridized carbons (Fsp3) is 0.500. The molecular formula is C20H24N2O3S. The molecule has 0 radical (unpaired) electrons. The van der Waals surface area contributed by atoms with E-state index in [1.165, 1.54) is 18.2 Å². The number of thioether (sulfide) groups is 1. The summed E-state index contributed by atoms with van der Waals surface area (Å²) < 4.78 is 10.9. The number of benzene rings is 1. The van der Waals surface area contributed by atoms with Gasteiger partial charge in [-0.3, -0.25) is 4.79 Å². The molecule has 3 heterocycles. The van der Waals surface area contributed by atoms with E-state index in [-0.39, 0.29) is 12.7 Å². The molecule has 1 amide bonds. The van der Waals surface area contributed by atoms with Gasteiger partial charge in [-0.05, 0) is 57.7 Å². The minimum absolute atomic E-state index is 0.210. The molecule has 1 fully saturated rings. The second-order valence-corrected chi connectivity index (χ2v) is 8.19. The number of aromatic nitrogens is 1. The Kier molecular flexibility index (Phi) is 4.69. The molecule has 6 heteroatoms. The SMILES string of the molecule is Cc1cc2cc3c(cc2nc1SCC(=O)N1[C@H](C)CCC[C@H]1C)OCO3. The van der Waals surface area contributed by atoms with E-state index in [1.807, 2.05) is 19.1 Å². The predicted molar refractivity (Wildman–Crippen MR) is 103 cm³/mol. The van der Waals surface area contributed by atoms with Crippen LogP contribution in [0.3, 0.4) is 0 Å². The van der Waals surface area contributed by atoms with Crippen molar-refractivity contribution in [2.24, 2.45) is 0 Å². The Bertz CT molecular complexity index is 845.